The molecule has 0 aliphatic heterocycles. The lowest BCUT2D eigenvalue weighted by Crippen LogP contribution is -2.28. The summed E-state index contributed by atoms with van der Waals surface area (Å²) in [5.41, 5.74) is 13.7. The van der Waals surface area contributed by atoms with E-state index in [1.165, 1.54) is 44.2 Å². The third kappa shape index (κ3) is 4.80. The third-order valence-electron chi connectivity index (χ3n) is 12.1. The van der Waals surface area contributed by atoms with Gasteiger partial charge in [-0.05, 0) is 103 Å². The van der Waals surface area contributed by atoms with Gasteiger partial charge >= 0.3 is 0 Å². The molecule has 9 aromatic carbocycles. The monoisotopic (exact) mass is 738 g/mol. The fourth-order valence-electron chi connectivity index (χ4n) is 9.57. The van der Waals surface area contributed by atoms with Crippen LogP contribution in [0, 0.1) is 0 Å². The molecule has 0 fully saturated rings. The number of pyridine rings is 1. The standard InChI is InChI=1S/C55H34N2O/c1-4-14-38(15-5-1)54-57-50-32-29-37-25-23-36-24-26-39(33-46(36)51(37)53(50)58-54)48-21-12-22-49(56-48)40-28-30-44-45-31-27-35-13-10-11-20-43(35)52(45)55(47(44)34-40,41-16-6-2-7-17-41)42-18-8-3-9-19-42/h1-34H. The van der Waals surface area contributed by atoms with E-state index in [0.29, 0.717) is 5.89 Å². The smallest absolute Gasteiger partial charge is 0.227 e. The first-order valence-electron chi connectivity index (χ1n) is 19.8. The summed E-state index contributed by atoms with van der Waals surface area (Å²) in [4.78, 5) is 10.3. The fourth-order valence-corrected chi connectivity index (χ4v) is 9.57. The Morgan fingerprint density at radius 1 is 0.397 bits per heavy atom. The highest BCUT2D eigenvalue weighted by molar-refractivity contribution is 6.18. The lowest BCUT2D eigenvalue weighted by Gasteiger charge is -2.35. The molecule has 2 heterocycles. The molecular formula is C55H34N2O. The maximum Gasteiger partial charge on any atom is 0.227 e. The molecule has 0 spiro atoms. The van der Waals surface area contributed by atoms with Crippen LogP contribution in [0.4, 0.5) is 0 Å². The lowest BCUT2D eigenvalue weighted by atomic mass is 9.66. The molecular weight excluding hydrogens is 705 g/mol. The number of benzene rings is 9. The molecule has 3 nitrogen and oxygen atoms in total. The van der Waals surface area contributed by atoms with Crippen LogP contribution in [0.25, 0.3) is 88.5 Å². The van der Waals surface area contributed by atoms with Crippen LogP contribution in [0.5, 0.6) is 0 Å². The molecule has 0 bridgehead atoms. The Labute approximate surface area is 335 Å². The summed E-state index contributed by atoms with van der Waals surface area (Å²) >= 11 is 0. The van der Waals surface area contributed by atoms with Crippen molar-refractivity contribution in [3.8, 4) is 45.1 Å². The summed E-state index contributed by atoms with van der Waals surface area (Å²) in [5, 5.41) is 6.94. The van der Waals surface area contributed by atoms with E-state index in [1.54, 1.807) is 0 Å². The highest BCUT2D eigenvalue weighted by atomic mass is 16.3. The Bertz CT molecular complexity index is 3350. The van der Waals surface area contributed by atoms with Crippen molar-refractivity contribution in [1.82, 2.24) is 9.97 Å². The van der Waals surface area contributed by atoms with Crippen LogP contribution in [0.15, 0.2) is 211 Å². The van der Waals surface area contributed by atoms with Gasteiger partial charge in [0.25, 0.3) is 0 Å². The van der Waals surface area contributed by atoms with Crippen molar-refractivity contribution in [2.75, 3.05) is 0 Å². The second-order valence-corrected chi connectivity index (χ2v) is 15.3. The van der Waals surface area contributed by atoms with Crippen molar-refractivity contribution >= 4 is 43.4 Å². The molecule has 12 rings (SSSR count). The van der Waals surface area contributed by atoms with Crippen LogP contribution >= 0.6 is 0 Å². The number of oxazole rings is 1. The number of rotatable bonds is 5. The zero-order valence-corrected chi connectivity index (χ0v) is 31.4. The molecule has 3 heteroatoms. The Morgan fingerprint density at radius 3 is 1.76 bits per heavy atom. The predicted molar refractivity (Wildman–Crippen MR) is 238 cm³/mol. The van der Waals surface area contributed by atoms with Crippen LogP contribution in [0.3, 0.4) is 0 Å². The first-order valence-corrected chi connectivity index (χ1v) is 19.8. The number of fused-ring (bicyclic) bond motifs is 10. The zero-order chi connectivity index (χ0) is 38.2. The average Bonchev–Trinajstić information content (AvgIpc) is 3.88. The van der Waals surface area contributed by atoms with Gasteiger partial charge in [-0.2, -0.15) is 0 Å². The highest BCUT2D eigenvalue weighted by Gasteiger charge is 2.47. The van der Waals surface area contributed by atoms with Crippen molar-refractivity contribution < 1.29 is 4.42 Å². The first kappa shape index (κ1) is 32.6. The zero-order valence-electron chi connectivity index (χ0n) is 31.4. The van der Waals surface area contributed by atoms with E-state index in [0.717, 1.165) is 60.7 Å². The molecule has 0 atom stereocenters. The summed E-state index contributed by atoms with van der Waals surface area (Å²) in [6.45, 7) is 0. The maximum atomic E-state index is 6.54. The van der Waals surface area contributed by atoms with E-state index in [9.17, 15) is 0 Å². The molecule has 2 aromatic heterocycles. The van der Waals surface area contributed by atoms with Crippen LogP contribution in [0.2, 0.25) is 0 Å². The van der Waals surface area contributed by atoms with Crippen LogP contribution in [-0.4, -0.2) is 9.97 Å². The second-order valence-electron chi connectivity index (χ2n) is 15.3. The Morgan fingerprint density at radius 2 is 0.983 bits per heavy atom. The summed E-state index contributed by atoms with van der Waals surface area (Å²) in [6, 6.07) is 74.0. The Kier molecular flexibility index (Phi) is 7.14. The van der Waals surface area contributed by atoms with Gasteiger partial charge < -0.3 is 4.42 Å². The predicted octanol–water partition coefficient (Wildman–Crippen LogP) is 14.0. The van der Waals surface area contributed by atoms with Crippen LogP contribution in [0.1, 0.15) is 22.3 Å². The molecule has 270 valence electrons. The van der Waals surface area contributed by atoms with Gasteiger partial charge in [-0.15, -0.1) is 0 Å². The van der Waals surface area contributed by atoms with Gasteiger partial charge in [0.2, 0.25) is 5.89 Å². The van der Waals surface area contributed by atoms with E-state index in [2.05, 4.69) is 176 Å². The minimum absolute atomic E-state index is 0.534. The number of aromatic nitrogens is 2. The van der Waals surface area contributed by atoms with Crippen LogP contribution in [-0.2, 0) is 5.41 Å². The van der Waals surface area contributed by atoms with Crippen molar-refractivity contribution in [2.45, 2.75) is 5.41 Å². The van der Waals surface area contributed by atoms with Gasteiger partial charge in [0.05, 0.1) is 16.8 Å². The number of hydrogen-bond acceptors (Lipinski definition) is 3. The normalized spacial score (nSPS) is 13.0. The number of nitrogens with zero attached hydrogens (tertiary/aromatic N) is 2. The SMILES string of the molecule is c1ccc(-c2nc3ccc4ccc5ccc(-c6cccc(-c7ccc8c(c7)C(c7ccccc7)(c7ccccc7)c7c-8ccc8ccccc78)n6)cc5c4c3o2)cc1. The molecule has 0 unspecified atom stereocenters. The molecule has 0 amide bonds. The molecule has 1 aliphatic rings. The van der Waals surface area contributed by atoms with E-state index in [-0.39, 0.29) is 0 Å². The van der Waals surface area contributed by atoms with Gasteiger partial charge in [0, 0.05) is 22.1 Å². The molecule has 0 radical (unpaired) electrons. The Hall–Kier alpha value is -7.62. The lowest BCUT2D eigenvalue weighted by molar-refractivity contribution is 0.623. The van der Waals surface area contributed by atoms with Gasteiger partial charge in [-0.3, -0.25) is 0 Å². The average molecular weight is 739 g/mol. The molecule has 0 saturated carbocycles. The van der Waals surface area contributed by atoms with Crippen molar-refractivity contribution in [1.29, 1.82) is 0 Å². The Balaban J connectivity index is 1.04. The highest BCUT2D eigenvalue weighted by Crippen LogP contribution is 2.58. The topological polar surface area (TPSA) is 38.9 Å². The summed E-state index contributed by atoms with van der Waals surface area (Å²) in [6.07, 6.45) is 0. The van der Waals surface area contributed by atoms with Crippen molar-refractivity contribution in [2.24, 2.45) is 0 Å². The van der Waals surface area contributed by atoms with Crippen molar-refractivity contribution in [3.05, 3.63) is 229 Å². The van der Waals surface area contributed by atoms with E-state index in [1.807, 2.05) is 30.3 Å². The molecule has 0 saturated heterocycles. The minimum atomic E-state index is -0.534. The molecule has 11 aromatic rings. The fraction of sp³-hybridized carbons (Fsp3) is 0.0182. The van der Waals surface area contributed by atoms with E-state index < -0.39 is 5.41 Å². The number of hydrogen-bond donors (Lipinski definition) is 0. The molecule has 0 N–H and O–H groups in total. The maximum absolute atomic E-state index is 6.54. The van der Waals surface area contributed by atoms with Gasteiger partial charge in [-0.1, -0.05) is 164 Å². The quantitative estimate of drug-likeness (QED) is 0.165. The third-order valence-corrected chi connectivity index (χ3v) is 12.1. The van der Waals surface area contributed by atoms with E-state index in [4.69, 9.17) is 14.4 Å². The van der Waals surface area contributed by atoms with Crippen LogP contribution < -0.4 is 0 Å². The summed E-state index contributed by atoms with van der Waals surface area (Å²) < 4.78 is 6.54. The molecule has 58 heavy (non-hydrogen) atoms. The first-order chi connectivity index (χ1) is 28.7. The van der Waals surface area contributed by atoms with Crippen molar-refractivity contribution in [3.63, 3.8) is 0 Å². The minimum Gasteiger partial charge on any atom is -0.435 e. The largest absolute Gasteiger partial charge is 0.435 e. The summed E-state index contributed by atoms with van der Waals surface area (Å²) in [7, 11) is 0. The van der Waals surface area contributed by atoms with Gasteiger partial charge in [0.1, 0.15) is 5.52 Å². The van der Waals surface area contributed by atoms with Gasteiger partial charge in [-0.25, -0.2) is 9.97 Å². The second kappa shape index (κ2) is 12.7. The molecule has 1 aliphatic carbocycles. The summed E-state index contributed by atoms with van der Waals surface area (Å²) in [5.74, 6) is 0.625. The van der Waals surface area contributed by atoms with E-state index >= 15 is 0 Å². The van der Waals surface area contributed by atoms with Gasteiger partial charge in [0.15, 0.2) is 5.58 Å².